The predicted octanol–water partition coefficient (Wildman–Crippen LogP) is 3.64. The summed E-state index contributed by atoms with van der Waals surface area (Å²) in [5, 5.41) is 0. The fourth-order valence-corrected chi connectivity index (χ4v) is 2.36. The largest absolute Gasteiger partial charge is 0.321 e. The molecule has 0 amide bonds. The SMILES string of the molecule is Cc1cc(F)c(C2(N)CCC(F)(F)CC2)cc1F. The fraction of sp³-hybridized carbons (Fsp3) is 0.538. The number of hydrogen-bond acceptors (Lipinski definition) is 1. The molecule has 0 heterocycles. The van der Waals surface area contributed by atoms with E-state index in [0.717, 1.165) is 12.1 Å². The molecule has 0 spiro atoms. The Morgan fingerprint density at radius 2 is 1.56 bits per heavy atom. The topological polar surface area (TPSA) is 26.0 Å². The van der Waals surface area contributed by atoms with E-state index in [0.29, 0.717) is 0 Å². The molecule has 1 aromatic rings. The molecule has 5 heteroatoms. The van der Waals surface area contributed by atoms with Crippen LogP contribution < -0.4 is 5.73 Å². The second-order valence-electron chi connectivity index (χ2n) is 5.09. The maximum absolute atomic E-state index is 13.8. The zero-order valence-electron chi connectivity index (χ0n) is 10.1. The maximum Gasteiger partial charge on any atom is 0.248 e. The number of benzene rings is 1. The van der Waals surface area contributed by atoms with Gasteiger partial charge >= 0.3 is 0 Å². The molecule has 0 radical (unpaired) electrons. The molecule has 1 fully saturated rings. The van der Waals surface area contributed by atoms with E-state index in [1.165, 1.54) is 6.92 Å². The van der Waals surface area contributed by atoms with Crippen LogP contribution in [-0.4, -0.2) is 5.92 Å². The van der Waals surface area contributed by atoms with Gasteiger partial charge in [0.25, 0.3) is 0 Å². The number of alkyl halides is 2. The molecular weight excluding hydrogens is 246 g/mol. The molecule has 1 nitrogen and oxygen atoms in total. The summed E-state index contributed by atoms with van der Waals surface area (Å²) in [6.45, 7) is 1.44. The predicted molar refractivity (Wildman–Crippen MR) is 60.4 cm³/mol. The third-order valence-corrected chi connectivity index (χ3v) is 3.66. The van der Waals surface area contributed by atoms with Crippen LogP contribution in [0.25, 0.3) is 0 Å². The summed E-state index contributed by atoms with van der Waals surface area (Å²) in [4.78, 5) is 0. The van der Waals surface area contributed by atoms with Crippen LogP contribution in [0.15, 0.2) is 12.1 Å². The van der Waals surface area contributed by atoms with Crippen molar-refractivity contribution < 1.29 is 17.6 Å². The summed E-state index contributed by atoms with van der Waals surface area (Å²) in [6, 6.07) is 2.10. The van der Waals surface area contributed by atoms with E-state index >= 15 is 0 Å². The highest BCUT2D eigenvalue weighted by atomic mass is 19.3. The Hall–Kier alpha value is -1.10. The quantitative estimate of drug-likeness (QED) is 0.767. The Morgan fingerprint density at radius 3 is 2.11 bits per heavy atom. The number of rotatable bonds is 1. The molecular formula is C13H15F4N. The molecule has 1 saturated carbocycles. The van der Waals surface area contributed by atoms with Crippen LogP contribution in [0.5, 0.6) is 0 Å². The normalized spacial score (nSPS) is 21.9. The number of halogens is 4. The Labute approximate surface area is 103 Å². The van der Waals surface area contributed by atoms with Gasteiger partial charge in [-0.1, -0.05) is 0 Å². The number of aryl methyl sites for hydroxylation is 1. The van der Waals surface area contributed by atoms with Crippen molar-refractivity contribution >= 4 is 0 Å². The highest BCUT2D eigenvalue weighted by Gasteiger charge is 2.43. The van der Waals surface area contributed by atoms with Gasteiger partial charge in [-0.2, -0.15) is 0 Å². The number of hydrogen-bond donors (Lipinski definition) is 1. The molecule has 0 aromatic heterocycles. The monoisotopic (exact) mass is 261 g/mol. The van der Waals surface area contributed by atoms with Crippen molar-refractivity contribution in [3.8, 4) is 0 Å². The fourth-order valence-electron chi connectivity index (χ4n) is 2.36. The summed E-state index contributed by atoms with van der Waals surface area (Å²) >= 11 is 0. The van der Waals surface area contributed by atoms with E-state index in [2.05, 4.69) is 0 Å². The van der Waals surface area contributed by atoms with Crippen LogP contribution in [0.3, 0.4) is 0 Å². The third kappa shape index (κ3) is 2.36. The summed E-state index contributed by atoms with van der Waals surface area (Å²) < 4.78 is 53.5. The second kappa shape index (κ2) is 4.23. The second-order valence-corrected chi connectivity index (χ2v) is 5.09. The summed E-state index contributed by atoms with van der Waals surface area (Å²) in [5.74, 6) is -3.93. The van der Waals surface area contributed by atoms with Crippen molar-refractivity contribution in [1.29, 1.82) is 0 Å². The van der Waals surface area contributed by atoms with E-state index in [1.807, 2.05) is 0 Å². The Balaban J connectivity index is 2.34. The van der Waals surface area contributed by atoms with Gasteiger partial charge in [0, 0.05) is 23.9 Å². The van der Waals surface area contributed by atoms with Crippen molar-refractivity contribution in [2.75, 3.05) is 0 Å². The van der Waals surface area contributed by atoms with Gasteiger partial charge in [-0.25, -0.2) is 17.6 Å². The minimum Gasteiger partial charge on any atom is -0.321 e. The van der Waals surface area contributed by atoms with Gasteiger partial charge in [0.2, 0.25) is 5.92 Å². The molecule has 0 saturated heterocycles. The van der Waals surface area contributed by atoms with E-state index in [-0.39, 0.29) is 24.0 Å². The first-order chi connectivity index (χ1) is 8.23. The molecule has 0 unspecified atom stereocenters. The van der Waals surface area contributed by atoms with Crippen LogP contribution in [0.1, 0.15) is 36.8 Å². The van der Waals surface area contributed by atoms with E-state index in [9.17, 15) is 17.6 Å². The molecule has 1 aromatic carbocycles. The first-order valence-electron chi connectivity index (χ1n) is 5.86. The Bertz CT molecular complexity index is 460. The standard InChI is InChI=1S/C13H15F4N/c1-8-6-11(15)9(7-10(8)14)12(18)2-4-13(16,17)5-3-12/h6-7H,2-5,18H2,1H3. The van der Waals surface area contributed by atoms with E-state index in [1.54, 1.807) is 0 Å². The van der Waals surface area contributed by atoms with E-state index in [4.69, 9.17) is 5.73 Å². The average Bonchev–Trinajstić information content (AvgIpc) is 2.28. The van der Waals surface area contributed by atoms with Crippen molar-refractivity contribution in [3.05, 3.63) is 34.9 Å². The first-order valence-corrected chi connectivity index (χ1v) is 5.86. The molecule has 1 aliphatic rings. The molecule has 100 valence electrons. The highest BCUT2D eigenvalue weighted by Crippen LogP contribution is 2.43. The van der Waals surface area contributed by atoms with Gasteiger partial charge in [0.05, 0.1) is 0 Å². The van der Waals surface area contributed by atoms with Gasteiger partial charge in [-0.3, -0.25) is 0 Å². The molecule has 18 heavy (non-hydrogen) atoms. The highest BCUT2D eigenvalue weighted by molar-refractivity contribution is 5.31. The lowest BCUT2D eigenvalue weighted by Crippen LogP contribution is -2.44. The number of nitrogens with two attached hydrogens (primary N) is 1. The first kappa shape index (κ1) is 13.3. The van der Waals surface area contributed by atoms with Crippen LogP contribution in [0, 0.1) is 18.6 Å². The van der Waals surface area contributed by atoms with Gasteiger partial charge in [0.15, 0.2) is 0 Å². The lowest BCUT2D eigenvalue weighted by molar-refractivity contribution is -0.0518. The van der Waals surface area contributed by atoms with Crippen molar-refractivity contribution in [2.24, 2.45) is 5.73 Å². The van der Waals surface area contributed by atoms with E-state index < -0.39 is 35.9 Å². The van der Waals surface area contributed by atoms with Gasteiger partial charge < -0.3 is 5.73 Å². The lowest BCUT2D eigenvalue weighted by Gasteiger charge is -2.37. The smallest absolute Gasteiger partial charge is 0.248 e. The zero-order chi connectivity index (χ0) is 13.6. The van der Waals surface area contributed by atoms with Crippen LogP contribution >= 0.6 is 0 Å². The van der Waals surface area contributed by atoms with Crippen LogP contribution in [0.2, 0.25) is 0 Å². The van der Waals surface area contributed by atoms with Crippen molar-refractivity contribution in [1.82, 2.24) is 0 Å². The van der Waals surface area contributed by atoms with Gasteiger partial charge in [-0.15, -0.1) is 0 Å². The van der Waals surface area contributed by atoms with Gasteiger partial charge in [-0.05, 0) is 37.5 Å². The van der Waals surface area contributed by atoms with Crippen molar-refractivity contribution in [3.63, 3.8) is 0 Å². The molecule has 2 rings (SSSR count). The van der Waals surface area contributed by atoms with Crippen molar-refractivity contribution in [2.45, 2.75) is 44.1 Å². The molecule has 0 bridgehead atoms. The van der Waals surface area contributed by atoms with Crippen LogP contribution in [-0.2, 0) is 5.54 Å². The molecule has 0 atom stereocenters. The third-order valence-electron chi connectivity index (χ3n) is 3.66. The Kier molecular flexibility index (Phi) is 3.13. The minimum atomic E-state index is -2.75. The van der Waals surface area contributed by atoms with Gasteiger partial charge in [0.1, 0.15) is 11.6 Å². The summed E-state index contributed by atoms with van der Waals surface area (Å²) in [5.41, 5.74) is 4.97. The molecule has 2 N–H and O–H groups in total. The molecule has 1 aliphatic carbocycles. The Morgan fingerprint density at radius 1 is 1.00 bits per heavy atom. The summed E-state index contributed by atoms with van der Waals surface area (Å²) in [7, 11) is 0. The summed E-state index contributed by atoms with van der Waals surface area (Å²) in [6.07, 6.45) is -0.865. The maximum atomic E-state index is 13.8. The van der Waals surface area contributed by atoms with Crippen LogP contribution in [0.4, 0.5) is 17.6 Å². The lowest BCUT2D eigenvalue weighted by atomic mass is 9.75. The zero-order valence-corrected chi connectivity index (χ0v) is 10.1. The minimum absolute atomic E-state index is 0.00102. The molecule has 0 aliphatic heterocycles. The average molecular weight is 261 g/mol.